The molecule has 3 nitrogen and oxygen atoms in total. The van der Waals surface area contributed by atoms with Crippen LogP contribution in [0.4, 0.5) is 0 Å². The first-order valence-corrected chi connectivity index (χ1v) is 9.10. The Labute approximate surface area is 157 Å². The fraction of sp³-hybridized carbons (Fsp3) is 0.350. The van der Waals surface area contributed by atoms with E-state index in [9.17, 15) is 4.79 Å². The molecule has 4 heteroatoms. The van der Waals surface area contributed by atoms with E-state index in [2.05, 4.69) is 55.5 Å². The first kappa shape index (κ1) is 18.8. The van der Waals surface area contributed by atoms with Gasteiger partial charge in [0.05, 0.1) is 13.5 Å². The third-order valence-electron chi connectivity index (χ3n) is 4.16. The van der Waals surface area contributed by atoms with Crippen LogP contribution >= 0.6 is 22.6 Å². The Hall–Kier alpha value is -1.56. The standard InChI is InChI=1S/C20H23IO3/c1-5-15-9-14(3)19(10-13(15)2)24-12-17-16(11-20(22)23-4)7-6-8-18(17)21/h6-10H,5,11-12H2,1-4H3. The SMILES string of the molecule is CCc1cc(C)c(OCc2c(I)cccc2CC(=O)OC)cc1C. The largest absolute Gasteiger partial charge is 0.489 e. The molecule has 0 aliphatic rings. The Bertz CT molecular complexity index is 738. The Balaban J connectivity index is 2.23. The summed E-state index contributed by atoms with van der Waals surface area (Å²) in [7, 11) is 1.41. The highest BCUT2D eigenvalue weighted by molar-refractivity contribution is 14.1. The molecule has 128 valence electrons. The number of aryl methyl sites for hydroxylation is 3. The number of rotatable bonds is 6. The van der Waals surface area contributed by atoms with E-state index in [4.69, 9.17) is 9.47 Å². The van der Waals surface area contributed by atoms with E-state index in [1.807, 2.05) is 18.2 Å². The molecule has 0 spiro atoms. The number of esters is 1. The molecule has 0 saturated carbocycles. The molecule has 0 unspecified atom stereocenters. The van der Waals surface area contributed by atoms with Gasteiger partial charge in [-0.2, -0.15) is 0 Å². The van der Waals surface area contributed by atoms with Crippen LogP contribution < -0.4 is 4.74 Å². The zero-order valence-electron chi connectivity index (χ0n) is 14.6. The zero-order valence-corrected chi connectivity index (χ0v) is 16.8. The number of hydrogen-bond donors (Lipinski definition) is 0. The summed E-state index contributed by atoms with van der Waals surface area (Å²) in [6, 6.07) is 10.2. The van der Waals surface area contributed by atoms with Gasteiger partial charge in [0.2, 0.25) is 0 Å². The summed E-state index contributed by atoms with van der Waals surface area (Å²) in [6.07, 6.45) is 1.28. The summed E-state index contributed by atoms with van der Waals surface area (Å²) >= 11 is 2.28. The summed E-state index contributed by atoms with van der Waals surface area (Å²) in [5, 5.41) is 0. The average Bonchev–Trinajstić information content (AvgIpc) is 2.56. The predicted octanol–water partition coefficient (Wildman–Crippen LogP) is 4.76. The van der Waals surface area contributed by atoms with Crippen molar-refractivity contribution in [1.82, 2.24) is 0 Å². The lowest BCUT2D eigenvalue weighted by Gasteiger charge is -2.15. The summed E-state index contributed by atoms with van der Waals surface area (Å²) in [5.74, 6) is 0.658. The van der Waals surface area contributed by atoms with Crippen LogP contribution in [-0.2, 0) is 29.0 Å². The quantitative estimate of drug-likeness (QED) is 0.482. The maximum atomic E-state index is 11.6. The lowest BCUT2D eigenvalue weighted by Crippen LogP contribution is -2.10. The maximum absolute atomic E-state index is 11.6. The molecule has 0 aromatic heterocycles. The lowest BCUT2D eigenvalue weighted by molar-refractivity contribution is -0.139. The molecule has 0 bridgehead atoms. The summed E-state index contributed by atoms with van der Waals surface area (Å²) in [6.45, 7) is 6.78. The van der Waals surface area contributed by atoms with Crippen LogP contribution in [0.2, 0.25) is 0 Å². The molecule has 0 aliphatic carbocycles. The van der Waals surface area contributed by atoms with Gasteiger partial charge in [0.1, 0.15) is 12.4 Å². The van der Waals surface area contributed by atoms with Crippen molar-refractivity contribution in [1.29, 1.82) is 0 Å². The van der Waals surface area contributed by atoms with Crippen molar-refractivity contribution < 1.29 is 14.3 Å². The van der Waals surface area contributed by atoms with Crippen LogP contribution in [-0.4, -0.2) is 13.1 Å². The average molecular weight is 438 g/mol. The normalized spacial score (nSPS) is 10.5. The van der Waals surface area contributed by atoms with Crippen LogP contribution in [0, 0.1) is 17.4 Å². The molecule has 2 aromatic carbocycles. The second-order valence-electron chi connectivity index (χ2n) is 5.82. The smallest absolute Gasteiger partial charge is 0.309 e. The van der Waals surface area contributed by atoms with Gasteiger partial charge in [-0.25, -0.2) is 0 Å². The fourth-order valence-electron chi connectivity index (χ4n) is 2.69. The number of halogens is 1. The van der Waals surface area contributed by atoms with Crippen LogP contribution in [0.3, 0.4) is 0 Å². The highest BCUT2D eigenvalue weighted by Crippen LogP contribution is 2.26. The summed E-state index contributed by atoms with van der Waals surface area (Å²) < 4.78 is 12.0. The van der Waals surface area contributed by atoms with Gasteiger partial charge in [-0.1, -0.05) is 25.1 Å². The first-order valence-electron chi connectivity index (χ1n) is 8.02. The van der Waals surface area contributed by atoms with Gasteiger partial charge in [-0.15, -0.1) is 0 Å². The van der Waals surface area contributed by atoms with Crippen molar-refractivity contribution in [2.45, 2.75) is 40.2 Å². The summed E-state index contributed by atoms with van der Waals surface area (Å²) in [5.41, 5.74) is 5.72. The van der Waals surface area contributed by atoms with Crippen LogP contribution in [0.1, 0.15) is 34.7 Å². The molecule has 0 heterocycles. The minimum absolute atomic E-state index is 0.238. The van der Waals surface area contributed by atoms with Crippen molar-refractivity contribution in [3.05, 3.63) is 61.7 Å². The molecular formula is C20H23IO3. The van der Waals surface area contributed by atoms with Crippen molar-refractivity contribution in [2.24, 2.45) is 0 Å². The van der Waals surface area contributed by atoms with E-state index in [0.29, 0.717) is 6.61 Å². The van der Waals surface area contributed by atoms with E-state index in [1.165, 1.54) is 18.2 Å². The second-order valence-corrected chi connectivity index (χ2v) is 6.98. The molecule has 0 atom stereocenters. The molecule has 2 aromatic rings. The Morgan fingerprint density at radius 1 is 1.12 bits per heavy atom. The van der Waals surface area contributed by atoms with Gasteiger partial charge in [-0.3, -0.25) is 4.79 Å². The molecule has 0 radical (unpaired) electrons. The molecule has 2 rings (SSSR count). The molecule has 0 amide bonds. The number of ether oxygens (including phenoxy) is 2. The third-order valence-corrected chi connectivity index (χ3v) is 5.18. The third kappa shape index (κ3) is 4.50. The lowest BCUT2D eigenvalue weighted by atomic mass is 10.0. The molecule has 0 aliphatic heterocycles. The molecule has 0 N–H and O–H groups in total. The van der Waals surface area contributed by atoms with E-state index < -0.39 is 0 Å². The van der Waals surface area contributed by atoms with Crippen molar-refractivity contribution in [3.8, 4) is 5.75 Å². The van der Waals surface area contributed by atoms with Crippen LogP contribution in [0.15, 0.2) is 30.3 Å². The number of benzene rings is 2. The maximum Gasteiger partial charge on any atom is 0.309 e. The minimum Gasteiger partial charge on any atom is -0.489 e. The van der Waals surface area contributed by atoms with Gasteiger partial charge in [0.25, 0.3) is 0 Å². The van der Waals surface area contributed by atoms with Crippen molar-refractivity contribution in [3.63, 3.8) is 0 Å². The predicted molar refractivity (Wildman–Crippen MR) is 105 cm³/mol. The summed E-state index contributed by atoms with van der Waals surface area (Å²) in [4.78, 5) is 11.6. The highest BCUT2D eigenvalue weighted by Gasteiger charge is 2.13. The van der Waals surface area contributed by atoms with E-state index in [1.54, 1.807) is 0 Å². The van der Waals surface area contributed by atoms with Crippen LogP contribution in [0.5, 0.6) is 5.75 Å². The number of carbonyl (C=O) groups excluding carboxylic acids is 1. The highest BCUT2D eigenvalue weighted by atomic mass is 127. The van der Waals surface area contributed by atoms with Gasteiger partial charge < -0.3 is 9.47 Å². The van der Waals surface area contributed by atoms with E-state index in [-0.39, 0.29) is 12.4 Å². The molecule has 0 fully saturated rings. The number of hydrogen-bond acceptors (Lipinski definition) is 3. The minimum atomic E-state index is -0.238. The Morgan fingerprint density at radius 2 is 1.88 bits per heavy atom. The van der Waals surface area contributed by atoms with Crippen molar-refractivity contribution >= 4 is 28.6 Å². The second kappa shape index (κ2) is 8.51. The zero-order chi connectivity index (χ0) is 17.7. The monoisotopic (exact) mass is 438 g/mol. The molecular weight excluding hydrogens is 415 g/mol. The van der Waals surface area contributed by atoms with E-state index in [0.717, 1.165) is 32.4 Å². The molecule has 0 saturated heterocycles. The van der Waals surface area contributed by atoms with Crippen LogP contribution in [0.25, 0.3) is 0 Å². The molecule has 24 heavy (non-hydrogen) atoms. The first-order chi connectivity index (χ1) is 11.5. The topological polar surface area (TPSA) is 35.5 Å². The number of carbonyl (C=O) groups is 1. The van der Waals surface area contributed by atoms with Gasteiger partial charge >= 0.3 is 5.97 Å². The van der Waals surface area contributed by atoms with E-state index >= 15 is 0 Å². The van der Waals surface area contributed by atoms with Gasteiger partial charge in [0, 0.05) is 9.13 Å². The number of methoxy groups -OCH3 is 1. The van der Waals surface area contributed by atoms with Gasteiger partial charge in [-0.05, 0) is 77.2 Å². The van der Waals surface area contributed by atoms with Crippen molar-refractivity contribution in [2.75, 3.05) is 7.11 Å². The van der Waals surface area contributed by atoms with Gasteiger partial charge in [0.15, 0.2) is 0 Å². The Kier molecular flexibility index (Phi) is 6.66. The Morgan fingerprint density at radius 3 is 2.54 bits per heavy atom. The fourth-order valence-corrected chi connectivity index (χ4v) is 3.40.